The molecule has 0 saturated heterocycles. The molecule has 0 bridgehead atoms. The average molecular weight is 379 g/mol. The average Bonchev–Trinajstić information content (AvgIpc) is 3.09. The van der Waals surface area contributed by atoms with E-state index >= 15 is 0 Å². The Morgan fingerprint density at radius 3 is 2.30 bits per heavy atom. The summed E-state index contributed by atoms with van der Waals surface area (Å²) in [6.07, 6.45) is 2.59. The van der Waals surface area contributed by atoms with E-state index in [-0.39, 0.29) is 24.1 Å². The highest BCUT2D eigenvalue weighted by Gasteiger charge is 2.39. The number of nitrogens with zero attached hydrogens (tertiary/aromatic N) is 3. The third-order valence-corrected chi connectivity index (χ3v) is 4.62. The first kappa shape index (κ1) is 19.0. The molecule has 0 saturated carbocycles. The summed E-state index contributed by atoms with van der Waals surface area (Å²) in [4.78, 5) is 3.79. The van der Waals surface area contributed by atoms with Crippen molar-refractivity contribution in [1.29, 1.82) is 0 Å². The van der Waals surface area contributed by atoms with E-state index in [1.165, 1.54) is 23.4 Å². The maximum Gasteiger partial charge on any atom is 0.137 e. The van der Waals surface area contributed by atoms with Gasteiger partial charge in [-0.05, 0) is 30.0 Å². The van der Waals surface area contributed by atoms with Crippen LogP contribution in [0.25, 0.3) is 0 Å². The lowest BCUT2D eigenvalue weighted by Gasteiger charge is -2.35. The normalized spacial score (nSPS) is 14.7. The van der Waals surface area contributed by atoms with Gasteiger partial charge in [-0.2, -0.15) is 5.10 Å². The lowest BCUT2D eigenvalue weighted by atomic mass is 9.78. The maximum atomic E-state index is 14.4. The predicted octanol–water partition coefficient (Wildman–Crippen LogP) is 3.60. The van der Waals surface area contributed by atoms with Crippen LogP contribution >= 0.6 is 0 Å². The van der Waals surface area contributed by atoms with Crippen molar-refractivity contribution in [2.75, 3.05) is 0 Å². The molecule has 0 spiro atoms. The molecular weight excluding hydrogens is 362 g/mol. The zero-order valence-electron chi connectivity index (χ0n) is 14.4. The smallest absolute Gasteiger partial charge is 0.137 e. The molecule has 2 aromatic carbocycles. The maximum absolute atomic E-state index is 14.4. The first-order valence-corrected chi connectivity index (χ1v) is 8.24. The largest absolute Gasteiger partial charge is 0.383 e. The highest BCUT2D eigenvalue weighted by Crippen LogP contribution is 2.36. The van der Waals surface area contributed by atoms with Crippen molar-refractivity contribution in [1.82, 2.24) is 14.8 Å². The molecule has 1 aromatic heterocycles. The lowest BCUT2D eigenvalue weighted by Crippen LogP contribution is -2.40. The molecule has 0 radical (unpaired) electrons. The summed E-state index contributed by atoms with van der Waals surface area (Å²) in [5, 5.41) is 15.3. The SMILES string of the molecule is C[C@@H](Cc1ccc(F)cc1F)[C@](O)(Cn1cncn1)c1ccc(F)cc1F. The van der Waals surface area contributed by atoms with Gasteiger partial charge in [0.2, 0.25) is 0 Å². The standard InChI is InChI=1S/C19H17F4N3O/c1-12(6-13-2-3-14(20)7-17(13)22)19(27,9-26-11-24-10-25-26)16-5-4-15(21)8-18(16)23/h2-5,7-8,10-12,27H,6,9H2,1H3/t12-,19+/m0/s1. The molecule has 0 aliphatic rings. The first-order valence-electron chi connectivity index (χ1n) is 8.24. The van der Waals surface area contributed by atoms with Crippen LogP contribution < -0.4 is 0 Å². The van der Waals surface area contributed by atoms with Crippen LogP contribution in [0.15, 0.2) is 49.1 Å². The Bertz CT molecular complexity index is 933. The van der Waals surface area contributed by atoms with Crippen molar-refractivity contribution < 1.29 is 22.7 Å². The molecular formula is C19H17F4N3O. The van der Waals surface area contributed by atoms with Crippen molar-refractivity contribution >= 4 is 0 Å². The van der Waals surface area contributed by atoms with Crippen LogP contribution in [0.3, 0.4) is 0 Å². The van der Waals surface area contributed by atoms with Crippen LogP contribution in [-0.2, 0) is 18.6 Å². The van der Waals surface area contributed by atoms with Crippen LogP contribution in [0.2, 0.25) is 0 Å². The minimum Gasteiger partial charge on any atom is -0.383 e. The molecule has 2 atom stereocenters. The molecule has 3 rings (SSSR count). The van der Waals surface area contributed by atoms with Crippen molar-refractivity contribution in [2.24, 2.45) is 5.92 Å². The second-order valence-corrected chi connectivity index (χ2v) is 6.48. The van der Waals surface area contributed by atoms with Crippen LogP contribution in [-0.4, -0.2) is 19.9 Å². The van der Waals surface area contributed by atoms with Gasteiger partial charge >= 0.3 is 0 Å². The third-order valence-electron chi connectivity index (χ3n) is 4.62. The molecule has 0 aliphatic carbocycles. The molecule has 1 N–H and O–H groups in total. The summed E-state index contributed by atoms with van der Waals surface area (Å²) in [6, 6.07) is 6.00. The van der Waals surface area contributed by atoms with Gasteiger partial charge in [0.1, 0.15) is 41.5 Å². The highest BCUT2D eigenvalue weighted by molar-refractivity contribution is 5.27. The number of aromatic nitrogens is 3. The summed E-state index contributed by atoms with van der Waals surface area (Å²) in [5.41, 5.74) is -1.82. The number of aliphatic hydroxyl groups is 1. The van der Waals surface area contributed by atoms with Crippen LogP contribution in [0.4, 0.5) is 17.6 Å². The lowest BCUT2D eigenvalue weighted by molar-refractivity contribution is -0.0391. The van der Waals surface area contributed by atoms with Crippen LogP contribution in [0.5, 0.6) is 0 Å². The quantitative estimate of drug-likeness (QED) is 0.666. The number of hydrogen-bond acceptors (Lipinski definition) is 3. The first-order chi connectivity index (χ1) is 12.8. The highest BCUT2D eigenvalue weighted by atomic mass is 19.1. The summed E-state index contributed by atoms with van der Waals surface area (Å²) < 4.78 is 56.2. The van der Waals surface area contributed by atoms with E-state index in [1.54, 1.807) is 6.92 Å². The number of rotatable bonds is 6. The third kappa shape index (κ3) is 4.00. The van der Waals surface area contributed by atoms with E-state index in [4.69, 9.17) is 0 Å². The zero-order valence-corrected chi connectivity index (χ0v) is 14.4. The van der Waals surface area contributed by atoms with E-state index in [2.05, 4.69) is 10.1 Å². The Hall–Kier alpha value is -2.74. The topological polar surface area (TPSA) is 50.9 Å². The van der Waals surface area contributed by atoms with Gasteiger partial charge in [-0.1, -0.05) is 19.1 Å². The Morgan fingerprint density at radius 2 is 1.70 bits per heavy atom. The predicted molar refractivity (Wildman–Crippen MR) is 89.5 cm³/mol. The van der Waals surface area contributed by atoms with E-state index in [0.717, 1.165) is 24.3 Å². The fourth-order valence-corrected chi connectivity index (χ4v) is 3.09. The zero-order chi connectivity index (χ0) is 19.6. The van der Waals surface area contributed by atoms with Gasteiger partial charge in [-0.15, -0.1) is 0 Å². The van der Waals surface area contributed by atoms with Gasteiger partial charge in [0.25, 0.3) is 0 Å². The van der Waals surface area contributed by atoms with Gasteiger partial charge in [0.15, 0.2) is 0 Å². The van der Waals surface area contributed by atoms with Gasteiger partial charge in [-0.3, -0.25) is 0 Å². The fraction of sp³-hybridized carbons (Fsp3) is 0.263. The number of benzene rings is 2. The van der Waals surface area contributed by atoms with E-state index < -0.39 is 34.8 Å². The summed E-state index contributed by atoms with van der Waals surface area (Å²) in [6.45, 7) is 1.42. The van der Waals surface area contributed by atoms with Crippen molar-refractivity contribution in [3.63, 3.8) is 0 Å². The minimum atomic E-state index is -1.84. The second-order valence-electron chi connectivity index (χ2n) is 6.48. The summed E-state index contributed by atoms with van der Waals surface area (Å²) in [7, 11) is 0. The molecule has 0 unspecified atom stereocenters. The molecule has 1 heterocycles. The molecule has 8 heteroatoms. The Balaban J connectivity index is 2.00. The van der Waals surface area contributed by atoms with E-state index in [9.17, 15) is 22.7 Å². The minimum absolute atomic E-state index is 0.00583. The van der Waals surface area contributed by atoms with Crippen molar-refractivity contribution in [3.05, 3.63) is 83.4 Å². The molecule has 0 fully saturated rings. The number of halogens is 4. The monoisotopic (exact) mass is 379 g/mol. The van der Waals surface area contributed by atoms with Crippen LogP contribution in [0.1, 0.15) is 18.1 Å². The fourth-order valence-electron chi connectivity index (χ4n) is 3.09. The molecule has 142 valence electrons. The van der Waals surface area contributed by atoms with Gasteiger partial charge in [0, 0.05) is 17.7 Å². The Labute approximate surface area is 153 Å². The molecule has 0 aliphatic heterocycles. The van der Waals surface area contributed by atoms with Crippen molar-refractivity contribution in [3.8, 4) is 0 Å². The Morgan fingerprint density at radius 1 is 1.04 bits per heavy atom. The number of hydrogen-bond donors (Lipinski definition) is 1. The molecule has 0 amide bonds. The van der Waals surface area contributed by atoms with Gasteiger partial charge < -0.3 is 5.11 Å². The van der Waals surface area contributed by atoms with Crippen molar-refractivity contribution in [2.45, 2.75) is 25.5 Å². The van der Waals surface area contributed by atoms with E-state index in [1.807, 2.05) is 0 Å². The summed E-state index contributed by atoms with van der Waals surface area (Å²) >= 11 is 0. The van der Waals surface area contributed by atoms with Crippen LogP contribution in [0, 0.1) is 29.2 Å². The van der Waals surface area contributed by atoms with Gasteiger partial charge in [0.05, 0.1) is 6.54 Å². The second kappa shape index (κ2) is 7.48. The molecule has 27 heavy (non-hydrogen) atoms. The molecule has 4 nitrogen and oxygen atoms in total. The Kier molecular flexibility index (Phi) is 5.27. The van der Waals surface area contributed by atoms with Gasteiger partial charge in [-0.25, -0.2) is 27.2 Å². The molecule has 3 aromatic rings. The summed E-state index contributed by atoms with van der Waals surface area (Å²) in [5.74, 6) is -3.90. The van der Waals surface area contributed by atoms with E-state index in [0.29, 0.717) is 6.07 Å².